The summed E-state index contributed by atoms with van der Waals surface area (Å²) in [7, 11) is 1.66. The molecule has 2 atom stereocenters. The van der Waals surface area contributed by atoms with Crippen LogP contribution < -0.4 is 14.4 Å². The monoisotopic (exact) mass is 308 g/mol. The van der Waals surface area contributed by atoms with Gasteiger partial charge in [0.25, 0.3) is 0 Å². The van der Waals surface area contributed by atoms with E-state index in [9.17, 15) is 0 Å². The third-order valence-corrected chi connectivity index (χ3v) is 4.22. The van der Waals surface area contributed by atoms with Gasteiger partial charge in [0.05, 0.1) is 33.4 Å². The summed E-state index contributed by atoms with van der Waals surface area (Å²) in [6.45, 7) is 10.4. The van der Waals surface area contributed by atoms with Crippen LogP contribution in [0.5, 0.6) is 11.5 Å². The van der Waals surface area contributed by atoms with Crippen LogP contribution in [0.15, 0.2) is 24.3 Å². The lowest BCUT2D eigenvalue weighted by Gasteiger charge is -2.31. The zero-order valence-electron chi connectivity index (χ0n) is 14.1. The van der Waals surface area contributed by atoms with Gasteiger partial charge < -0.3 is 19.1 Å². The standard InChI is InChI=1S/C18H29NO3/c1-15-11-16(2)14-19(13-15)7-8-21-9-10-22-18-6-4-5-17(12-18)20-3/h4-6,12,15-16H,7-11,13-14H2,1-3H3/p+1/t15-,16-/m0/s1. The molecule has 0 aromatic heterocycles. The molecule has 0 spiro atoms. The molecule has 22 heavy (non-hydrogen) atoms. The Hall–Kier alpha value is -1.26. The molecule has 2 rings (SSSR count). The van der Waals surface area contributed by atoms with Crippen LogP contribution in [0.1, 0.15) is 20.3 Å². The third kappa shape index (κ3) is 5.85. The predicted molar refractivity (Wildman–Crippen MR) is 87.8 cm³/mol. The highest BCUT2D eigenvalue weighted by molar-refractivity contribution is 5.32. The van der Waals surface area contributed by atoms with Crippen LogP contribution in [0.25, 0.3) is 0 Å². The van der Waals surface area contributed by atoms with Gasteiger partial charge in [0.15, 0.2) is 0 Å². The Morgan fingerprint density at radius 2 is 1.77 bits per heavy atom. The maximum Gasteiger partial charge on any atom is 0.123 e. The van der Waals surface area contributed by atoms with E-state index in [-0.39, 0.29) is 0 Å². The zero-order valence-corrected chi connectivity index (χ0v) is 14.1. The van der Waals surface area contributed by atoms with E-state index in [0.29, 0.717) is 13.2 Å². The summed E-state index contributed by atoms with van der Waals surface area (Å²) >= 11 is 0. The average Bonchev–Trinajstić information content (AvgIpc) is 2.50. The number of nitrogens with one attached hydrogen (secondary N) is 1. The van der Waals surface area contributed by atoms with Gasteiger partial charge in [0.2, 0.25) is 0 Å². The van der Waals surface area contributed by atoms with Gasteiger partial charge in [-0.1, -0.05) is 19.9 Å². The molecule has 1 aromatic carbocycles. The number of piperidine rings is 1. The first-order valence-electron chi connectivity index (χ1n) is 8.35. The molecule has 1 aliphatic heterocycles. The quantitative estimate of drug-likeness (QED) is 0.741. The molecule has 1 aliphatic rings. The van der Waals surface area contributed by atoms with E-state index in [1.54, 1.807) is 12.0 Å². The number of likely N-dealkylation sites (tertiary alicyclic amines) is 1. The molecule has 1 N–H and O–H groups in total. The highest BCUT2D eigenvalue weighted by Gasteiger charge is 2.24. The van der Waals surface area contributed by atoms with Crippen molar-refractivity contribution in [2.45, 2.75) is 20.3 Å². The maximum atomic E-state index is 5.71. The number of methoxy groups -OCH3 is 1. The molecule has 4 heteroatoms. The third-order valence-electron chi connectivity index (χ3n) is 4.22. The Morgan fingerprint density at radius 1 is 1.05 bits per heavy atom. The van der Waals surface area contributed by atoms with E-state index < -0.39 is 0 Å². The van der Waals surface area contributed by atoms with Crippen molar-refractivity contribution < 1.29 is 19.1 Å². The molecule has 1 heterocycles. The van der Waals surface area contributed by atoms with Gasteiger partial charge in [-0.2, -0.15) is 0 Å². The first kappa shape index (κ1) is 17.1. The van der Waals surface area contributed by atoms with Crippen LogP contribution in [0.4, 0.5) is 0 Å². The number of hydrogen-bond acceptors (Lipinski definition) is 3. The van der Waals surface area contributed by atoms with Crippen LogP contribution >= 0.6 is 0 Å². The number of benzene rings is 1. The second-order valence-electron chi connectivity index (χ2n) is 6.49. The largest absolute Gasteiger partial charge is 0.497 e. The van der Waals surface area contributed by atoms with Gasteiger partial charge >= 0.3 is 0 Å². The Balaban J connectivity index is 1.55. The number of rotatable bonds is 8. The van der Waals surface area contributed by atoms with Crippen LogP contribution in [0.2, 0.25) is 0 Å². The second-order valence-corrected chi connectivity index (χ2v) is 6.49. The van der Waals surface area contributed by atoms with E-state index >= 15 is 0 Å². The lowest BCUT2D eigenvalue weighted by molar-refractivity contribution is -0.912. The van der Waals surface area contributed by atoms with Gasteiger partial charge in [0, 0.05) is 17.9 Å². The molecule has 124 valence electrons. The molecule has 4 nitrogen and oxygen atoms in total. The molecule has 0 amide bonds. The summed E-state index contributed by atoms with van der Waals surface area (Å²) in [6.07, 6.45) is 1.37. The number of hydrogen-bond donors (Lipinski definition) is 1. The number of ether oxygens (including phenoxy) is 3. The number of quaternary nitrogens is 1. The Bertz CT molecular complexity index is 428. The van der Waals surface area contributed by atoms with Crippen molar-refractivity contribution in [1.29, 1.82) is 0 Å². The normalized spacial score (nSPS) is 25.0. The molecule has 0 aliphatic carbocycles. The molecule has 0 saturated carbocycles. The van der Waals surface area contributed by atoms with Crippen LogP contribution in [0, 0.1) is 11.8 Å². The van der Waals surface area contributed by atoms with Crippen molar-refractivity contribution in [1.82, 2.24) is 0 Å². The van der Waals surface area contributed by atoms with Crippen molar-refractivity contribution in [3.63, 3.8) is 0 Å². The molecule has 0 unspecified atom stereocenters. The van der Waals surface area contributed by atoms with Crippen molar-refractivity contribution >= 4 is 0 Å². The van der Waals surface area contributed by atoms with Crippen molar-refractivity contribution in [2.24, 2.45) is 11.8 Å². The molecule has 1 aromatic rings. The first-order chi connectivity index (χ1) is 10.7. The summed E-state index contributed by atoms with van der Waals surface area (Å²) in [5, 5.41) is 0. The highest BCUT2D eigenvalue weighted by atomic mass is 16.5. The minimum atomic E-state index is 0.579. The fourth-order valence-electron chi connectivity index (χ4n) is 3.35. The summed E-state index contributed by atoms with van der Waals surface area (Å²) in [5.41, 5.74) is 0. The maximum absolute atomic E-state index is 5.71. The van der Waals surface area contributed by atoms with Crippen LogP contribution in [-0.4, -0.2) is 46.6 Å². The lowest BCUT2D eigenvalue weighted by atomic mass is 9.92. The first-order valence-corrected chi connectivity index (χ1v) is 8.35. The Labute approximate surface area is 134 Å². The lowest BCUT2D eigenvalue weighted by Crippen LogP contribution is -3.14. The van der Waals surface area contributed by atoms with E-state index in [2.05, 4.69) is 13.8 Å². The topological polar surface area (TPSA) is 32.1 Å². The van der Waals surface area contributed by atoms with Crippen molar-refractivity contribution in [2.75, 3.05) is 46.6 Å². The minimum absolute atomic E-state index is 0.579. The van der Waals surface area contributed by atoms with Crippen molar-refractivity contribution in [3.8, 4) is 11.5 Å². The van der Waals surface area contributed by atoms with E-state index in [0.717, 1.165) is 36.5 Å². The van der Waals surface area contributed by atoms with Crippen LogP contribution in [-0.2, 0) is 4.74 Å². The smallest absolute Gasteiger partial charge is 0.123 e. The highest BCUT2D eigenvalue weighted by Crippen LogP contribution is 2.18. The minimum Gasteiger partial charge on any atom is -0.497 e. The SMILES string of the molecule is COc1cccc(OCCOCC[NH+]2C[C@@H](C)C[C@H](C)C2)c1. The van der Waals surface area contributed by atoms with Crippen molar-refractivity contribution in [3.05, 3.63) is 24.3 Å². The Morgan fingerprint density at radius 3 is 2.50 bits per heavy atom. The molecular formula is C18H30NO3+. The fraction of sp³-hybridized carbons (Fsp3) is 0.667. The van der Waals surface area contributed by atoms with Gasteiger partial charge in [-0.15, -0.1) is 0 Å². The summed E-state index contributed by atoms with van der Waals surface area (Å²) in [4.78, 5) is 1.68. The molecule has 1 fully saturated rings. The summed E-state index contributed by atoms with van der Waals surface area (Å²) in [6, 6.07) is 7.66. The summed E-state index contributed by atoms with van der Waals surface area (Å²) in [5.74, 6) is 3.33. The van der Waals surface area contributed by atoms with Gasteiger partial charge in [-0.25, -0.2) is 0 Å². The van der Waals surface area contributed by atoms with E-state index in [1.165, 1.54) is 19.5 Å². The average molecular weight is 308 g/mol. The van der Waals surface area contributed by atoms with Gasteiger partial charge in [-0.3, -0.25) is 0 Å². The molecule has 0 bridgehead atoms. The van der Waals surface area contributed by atoms with E-state index in [1.807, 2.05) is 24.3 Å². The zero-order chi connectivity index (χ0) is 15.8. The fourth-order valence-corrected chi connectivity index (χ4v) is 3.35. The van der Waals surface area contributed by atoms with Gasteiger partial charge in [0.1, 0.15) is 24.7 Å². The molecular weight excluding hydrogens is 278 g/mol. The molecule has 0 radical (unpaired) electrons. The molecule has 1 saturated heterocycles. The van der Waals surface area contributed by atoms with Gasteiger partial charge in [-0.05, 0) is 18.6 Å². The summed E-state index contributed by atoms with van der Waals surface area (Å²) < 4.78 is 16.5. The Kier molecular flexibility index (Phi) is 7.00. The van der Waals surface area contributed by atoms with Crippen LogP contribution in [0.3, 0.4) is 0 Å². The predicted octanol–water partition coefficient (Wildman–Crippen LogP) is 1.65. The second kappa shape index (κ2) is 9.01. The van der Waals surface area contributed by atoms with E-state index in [4.69, 9.17) is 14.2 Å².